The highest BCUT2D eigenvalue weighted by molar-refractivity contribution is 7.89. The molecular formula is C20H33N3O3S. The monoisotopic (exact) mass is 395 g/mol. The number of sulfonamides is 1. The summed E-state index contributed by atoms with van der Waals surface area (Å²) in [6, 6.07) is 7.16. The van der Waals surface area contributed by atoms with Crippen molar-refractivity contribution in [2.75, 3.05) is 39.3 Å². The van der Waals surface area contributed by atoms with Crippen LogP contribution >= 0.6 is 0 Å². The Morgan fingerprint density at radius 1 is 1.04 bits per heavy atom. The zero-order valence-electron chi connectivity index (χ0n) is 16.9. The lowest BCUT2D eigenvalue weighted by Gasteiger charge is -2.33. The number of hydrogen-bond donors (Lipinski definition) is 1. The fraction of sp³-hybridized carbons (Fsp3) is 0.650. The molecule has 1 amide bonds. The molecule has 0 unspecified atom stereocenters. The van der Waals surface area contributed by atoms with Crippen molar-refractivity contribution in [3.63, 3.8) is 0 Å². The molecule has 0 aromatic heterocycles. The van der Waals surface area contributed by atoms with Gasteiger partial charge in [-0.15, -0.1) is 0 Å². The van der Waals surface area contributed by atoms with Crippen molar-refractivity contribution in [1.82, 2.24) is 14.5 Å². The Balaban J connectivity index is 1.86. The van der Waals surface area contributed by atoms with E-state index in [1.54, 1.807) is 12.1 Å². The summed E-state index contributed by atoms with van der Waals surface area (Å²) in [6.45, 7) is 11.4. The molecule has 1 N–H and O–H groups in total. The van der Waals surface area contributed by atoms with Crippen molar-refractivity contribution in [1.29, 1.82) is 0 Å². The third-order valence-corrected chi connectivity index (χ3v) is 6.84. The molecular weight excluding hydrogens is 362 g/mol. The molecule has 0 atom stereocenters. The SMILES string of the molecule is CC(C)CCNC(=O)CN1CCN(S(=O)(=O)c2ccc(C(C)C)cc2)CC1. The van der Waals surface area contributed by atoms with Gasteiger partial charge in [-0.3, -0.25) is 9.69 Å². The normalized spacial score (nSPS) is 16.8. The molecule has 0 aliphatic carbocycles. The predicted octanol–water partition coefficient (Wildman–Crippen LogP) is 2.28. The Labute approximate surface area is 164 Å². The zero-order valence-corrected chi connectivity index (χ0v) is 17.8. The number of benzene rings is 1. The number of rotatable bonds is 8. The molecule has 1 aromatic carbocycles. The van der Waals surface area contributed by atoms with Crippen LogP contribution in [0.15, 0.2) is 29.2 Å². The van der Waals surface area contributed by atoms with E-state index in [-0.39, 0.29) is 5.91 Å². The fourth-order valence-corrected chi connectivity index (χ4v) is 4.48. The first kappa shape index (κ1) is 21.9. The van der Waals surface area contributed by atoms with Crippen LogP contribution in [-0.2, 0) is 14.8 Å². The highest BCUT2D eigenvalue weighted by Gasteiger charge is 2.29. The third kappa shape index (κ3) is 6.30. The second-order valence-electron chi connectivity index (χ2n) is 7.94. The van der Waals surface area contributed by atoms with E-state index in [0.29, 0.717) is 56.0 Å². The van der Waals surface area contributed by atoms with Crippen LogP contribution in [0.4, 0.5) is 0 Å². The molecule has 1 fully saturated rings. The Morgan fingerprint density at radius 3 is 2.15 bits per heavy atom. The summed E-state index contributed by atoms with van der Waals surface area (Å²) in [6.07, 6.45) is 0.966. The summed E-state index contributed by atoms with van der Waals surface area (Å²) in [5, 5.41) is 2.93. The van der Waals surface area contributed by atoms with E-state index in [1.165, 1.54) is 4.31 Å². The van der Waals surface area contributed by atoms with Crippen molar-refractivity contribution in [2.45, 2.75) is 44.9 Å². The minimum absolute atomic E-state index is 0.0104. The highest BCUT2D eigenvalue weighted by atomic mass is 32.2. The lowest BCUT2D eigenvalue weighted by atomic mass is 10.0. The standard InChI is InChI=1S/C20H33N3O3S/c1-16(2)9-10-21-20(24)15-22-11-13-23(14-12-22)27(25,26)19-7-5-18(6-8-19)17(3)4/h5-8,16-17H,9-15H2,1-4H3,(H,21,24). The van der Waals surface area contributed by atoms with Crippen molar-refractivity contribution in [2.24, 2.45) is 5.92 Å². The number of carbonyl (C=O) groups excluding carboxylic acids is 1. The topological polar surface area (TPSA) is 69.7 Å². The molecule has 1 saturated heterocycles. The molecule has 1 aromatic rings. The second-order valence-corrected chi connectivity index (χ2v) is 9.87. The molecule has 6 nitrogen and oxygen atoms in total. The quantitative estimate of drug-likeness (QED) is 0.733. The van der Waals surface area contributed by atoms with Crippen LogP contribution in [-0.4, -0.2) is 62.8 Å². The smallest absolute Gasteiger partial charge is 0.243 e. The largest absolute Gasteiger partial charge is 0.355 e. The fourth-order valence-electron chi connectivity index (χ4n) is 3.06. The predicted molar refractivity (Wildman–Crippen MR) is 108 cm³/mol. The Hall–Kier alpha value is -1.44. The molecule has 0 bridgehead atoms. The van der Waals surface area contributed by atoms with Gasteiger partial charge in [0.05, 0.1) is 11.4 Å². The summed E-state index contributed by atoms with van der Waals surface area (Å²) < 4.78 is 27.2. The van der Waals surface area contributed by atoms with E-state index < -0.39 is 10.0 Å². The van der Waals surface area contributed by atoms with Gasteiger partial charge in [0.2, 0.25) is 15.9 Å². The van der Waals surface area contributed by atoms with Gasteiger partial charge in [-0.2, -0.15) is 4.31 Å². The zero-order chi connectivity index (χ0) is 20.0. The van der Waals surface area contributed by atoms with Crippen LogP contribution in [0.2, 0.25) is 0 Å². The highest BCUT2D eigenvalue weighted by Crippen LogP contribution is 2.21. The molecule has 1 aliphatic rings. The van der Waals surface area contributed by atoms with Gasteiger partial charge in [-0.25, -0.2) is 8.42 Å². The molecule has 152 valence electrons. The minimum atomic E-state index is -3.47. The van der Waals surface area contributed by atoms with E-state index in [0.717, 1.165) is 12.0 Å². The molecule has 0 radical (unpaired) electrons. The van der Waals surface area contributed by atoms with E-state index >= 15 is 0 Å². The third-order valence-electron chi connectivity index (χ3n) is 4.93. The summed E-state index contributed by atoms with van der Waals surface area (Å²) in [4.78, 5) is 14.3. The first-order valence-corrected chi connectivity index (χ1v) is 11.2. The maximum atomic E-state index is 12.8. The molecule has 1 heterocycles. The van der Waals surface area contributed by atoms with Crippen molar-refractivity contribution in [3.8, 4) is 0 Å². The van der Waals surface area contributed by atoms with Crippen LogP contribution in [0.1, 0.15) is 45.6 Å². The van der Waals surface area contributed by atoms with E-state index in [2.05, 4.69) is 33.0 Å². The lowest BCUT2D eigenvalue weighted by molar-refractivity contribution is -0.122. The molecule has 0 saturated carbocycles. The van der Waals surface area contributed by atoms with Gasteiger partial charge in [-0.05, 0) is 36.0 Å². The molecule has 7 heteroatoms. The van der Waals surface area contributed by atoms with Gasteiger partial charge >= 0.3 is 0 Å². The van der Waals surface area contributed by atoms with E-state index in [4.69, 9.17) is 0 Å². The molecule has 27 heavy (non-hydrogen) atoms. The average Bonchev–Trinajstić information content (AvgIpc) is 2.62. The van der Waals surface area contributed by atoms with Crippen molar-refractivity contribution in [3.05, 3.63) is 29.8 Å². The Morgan fingerprint density at radius 2 is 1.63 bits per heavy atom. The maximum absolute atomic E-state index is 12.8. The molecule has 2 rings (SSSR count). The van der Waals surface area contributed by atoms with Crippen LogP contribution < -0.4 is 5.32 Å². The van der Waals surface area contributed by atoms with Crippen LogP contribution in [0.5, 0.6) is 0 Å². The molecule has 1 aliphatic heterocycles. The van der Waals surface area contributed by atoms with Gasteiger partial charge in [0.1, 0.15) is 0 Å². The Bertz CT molecular complexity index is 706. The maximum Gasteiger partial charge on any atom is 0.243 e. The lowest BCUT2D eigenvalue weighted by Crippen LogP contribution is -2.51. The van der Waals surface area contributed by atoms with Gasteiger partial charge in [0.25, 0.3) is 0 Å². The van der Waals surface area contributed by atoms with Crippen LogP contribution in [0.3, 0.4) is 0 Å². The van der Waals surface area contributed by atoms with Crippen LogP contribution in [0, 0.1) is 5.92 Å². The summed E-state index contributed by atoms with van der Waals surface area (Å²) >= 11 is 0. The van der Waals surface area contributed by atoms with Gasteiger partial charge in [0.15, 0.2) is 0 Å². The minimum Gasteiger partial charge on any atom is -0.355 e. The number of piperazine rings is 1. The second kappa shape index (κ2) is 9.66. The average molecular weight is 396 g/mol. The van der Waals surface area contributed by atoms with Gasteiger partial charge in [0, 0.05) is 32.7 Å². The first-order chi connectivity index (χ1) is 12.7. The van der Waals surface area contributed by atoms with Gasteiger partial charge in [-0.1, -0.05) is 39.8 Å². The van der Waals surface area contributed by atoms with Gasteiger partial charge < -0.3 is 5.32 Å². The van der Waals surface area contributed by atoms with Crippen molar-refractivity contribution >= 4 is 15.9 Å². The number of carbonyl (C=O) groups is 1. The summed E-state index contributed by atoms with van der Waals surface area (Å²) in [5.74, 6) is 0.946. The number of nitrogens with one attached hydrogen (secondary N) is 1. The van der Waals surface area contributed by atoms with Crippen molar-refractivity contribution < 1.29 is 13.2 Å². The number of hydrogen-bond acceptors (Lipinski definition) is 4. The summed E-state index contributed by atoms with van der Waals surface area (Å²) in [5.41, 5.74) is 1.13. The van der Waals surface area contributed by atoms with Crippen LogP contribution in [0.25, 0.3) is 0 Å². The first-order valence-electron chi connectivity index (χ1n) is 9.79. The van der Waals surface area contributed by atoms with E-state index in [9.17, 15) is 13.2 Å². The summed E-state index contributed by atoms with van der Waals surface area (Å²) in [7, 11) is -3.47. The van der Waals surface area contributed by atoms with E-state index in [1.807, 2.05) is 17.0 Å². The molecule has 0 spiro atoms. The Kier molecular flexibility index (Phi) is 7.82. The number of amides is 1. The number of nitrogens with zero attached hydrogens (tertiary/aromatic N) is 2.